The lowest BCUT2D eigenvalue weighted by atomic mass is 10.0. The van der Waals surface area contributed by atoms with Gasteiger partial charge >= 0.3 is 0 Å². The zero-order valence-corrected chi connectivity index (χ0v) is 12.6. The maximum atomic E-state index is 5.95. The van der Waals surface area contributed by atoms with Crippen LogP contribution in [0.1, 0.15) is 45.1 Å². The van der Waals surface area contributed by atoms with Gasteiger partial charge in [0.15, 0.2) is 5.96 Å². The van der Waals surface area contributed by atoms with Gasteiger partial charge in [-0.25, -0.2) is 0 Å². The highest BCUT2D eigenvalue weighted by Gasteiger charge is 2.29. The van der Waals surface area contributed by atoms with Gasteiger partial charge < -0.3 is 15.8 Å². The number of hydrogen-bond acceptors (Lipinski definition) is 2. The summed E-state index contributed by atoms with van der Waals surface area (Å²) in [7, 11) is 0. The lowest BCUT2D eigenvalue weighted by Crippen LogP contribution is -2.30. The fourth-order valence-corrected chi connectivity index (χ4v) is 2.38. The van der Waals surface area contributed by atoms with Gasteiger partial charge in [-0.05, 0) is 43.4 Å². The molecule has 1 fully saturated rings. The van der Waals surface area contributed by atoms with E-state index in [0.717, 1.165) is 25.1 Å². The van der Waals surface area contributed by atoms with Gasteiger partial charge in [0, 0.05) is 12.3 Å². The van der Waals surface area contributed by atoms with Crippen LogP contribution in [0, 0.1) is 0 Å². The first kappa shape index (κ1) is 14.9. The van der Waals surface area contributed by atoms with E-state index in [1.807, 2.05) is 12.1 Å². The minimum atomic E-state index is -0.147. The summed E-state index contributed by atoms with van der Waals surface area (Å²) in [6.45, 7) is 7.88. The summed E-state index contributed by atoms with van der Waals surface area (Å²) in [6, 6.07) is 8.27. The molecule has 0 amide bonds. The average molecular weight is 275 g/mol. The van der Waals surface area contributed by atoms with Gasteiger partial charge in [-0.15, -0.1) is 0 Å². The number of benzene rings is 1. The molecule has 3 N–H and O–H groups in total. The Bertz CT molecular complexity index is 476. The fraction of sp³-hybridized carbons (Fsp3) is 0.562. The number of hydrogen-bond donors (Lipinski definition) is 2. The van der Waals surface area contributed by atoms with E-state index in [0.29, 0.717) is 18.4 Å². The van der Waals surface area contributed by atoms with Crippen molar-refractivity contribution in [3.63, 3.8) is 0 Å². The molecule has 1 heterocycles. The van der Waals surface area contributed by atoms with Crippen molar-refractivity contribution in [2.75, 3.05) is 18.5 Å². The Kier molecular flexibility index (Phi) is 4.65. The van der Waals surface area contributed by atoms with E-state index < -0.39 is 0 Å². The molecule has 1 unspecified atom stereocenters. The Morgan fingerprint density at radius 1 is 1.50 bits per heavy atom. The zero-order chi connectivity index (χ0) is 14.6. The zero-order valence-electron chi connectivity index (χ0n) is 12.6. The van der Waals surface area contributed by atoms with Crippen molar-refractivity contribution in [2.24, 2.45) is 10.7 Å². The number of nitrogens with two attached hydrogens (primary N) is 1. The minimum absolute atomic E-state index is 0.147. The smallest absolute Gasteiger partial charge is 0.193 e. The maximum absolute atomic E-state index is 5.95. The average Bonchev–Trinajstić information content (AvgIpc) is 2.84. The van der Waals surface area contributed by atoms with Crippen molar-refractivity contribution in [3.05, 3.63) is 29.8 Å². The van der Waals surface area contributed by atoms with Crippen LogP contribution in [0.2, 0.25) is 0 Å². The van der Waals surface area contributed by atoms with Crippen molar-refractivity contribution in [3.8, 4) is 0 Å². The maximum Gasteiger partial charge on any atom is 0.193 e. The largest absolute Gasteiger partial charge is 0.373 e. The summed E-state index contributed by atoms with van der Waals surface area (Å²) in [5, 5.41) is 3.15. The second-order valence-electron chi connectivity index (χ2n) is 6.01. The number of nitrogens with zero attached hydrogens (tertiary/aromatic N) is 1. The van der Waals surface area contributed by atoms with E-state index in [-0.39, 0.29) is 5.60 Å². The predicted molar refractivity (Wildman–Crippen MR) is 84.2 cm³/mol. The molecule has 0 spiro atoms. The Morgan fingerprint density at radius 3 is 2.95 bits per heavy atom. The SMILES string of the molecule is CC(C)c1cccc(NC(N)=NCC2(C)CCCO2)c1. The second kappa shape index (κ2) is 6.27. The minimum Gasteiger partial charge on any atom is -0.373 e. The van der Waals surface area contributed by atoms with Crippen LogP contribution in [0.25, 0.3) is 0 Å². The molecule has 1 aromatic carbocycles. The normalized spacial score (nSPS) is 23.3. The van der Waals surface area contributed by atoms with Gasteiger partial charge in [0.25, 0.3) is 0 Å². The molecule has 1 aliphatic rings. The molecule has 1 atom stereocenters. The van der Waals surface area contributed by atoms with Crippen molar-refractivity contribution in [1.29, 1.82) is 0 Å². The van der Waals surface area contributed by atoms with Gasteiger partial charge in [0.05, 0.1) is 12.1 Å². The molecule has 4 nitrogen and oxygen atoms in total. The quantitative estimate of drug-likeness (QED) is 0.655. The van der Waals surface area contributed by atoms with E-state index in [2.05, 4.69) is 43.2 Å². The number of guanidine groups is 1. The molecule has 0 aromatic heterocycles. The lowest BCUT2D eigenvalue weighted by molar-refractivity contribution is 0.0284. The Labute approximate surface area is 121 Å². The van der Waals surface area contributed by atoms with Crippen LogP contribution in [0.4, 0.5) is 5.69 Å². The van der Waals surface area contributed by atoms with Crippen molar-refractivity contribution in [1.82, 2.24) is 0 Å². The molecule has 0 saturated carbocycles. The van der Waals surface area contributed by atoms with Gasteiger partial charge in [-0.3, -0.25) is 4.99 Å². The first-order valence-electron chi connectivity index (χ1n) is 7.29. The van der Waals surface area contributed by atoms with Gasteiger partial charge in [-0.2, -0.15) is 0 Å². The monoisotopic (exact) mass is 275 g/mol. The van der Waals surface area contributed by atoms with Crippen LogP contribution < -0.4 is 11.1 Å². The molecule has 1 aromatic rings. The second-order valence-corrected chi connectivity index (χ2v) is 6.01. The van der Waals surface area contributed by atoms with E-state index >= 15 is 0 Å². The summed E-state index contributed by atoms with van der Waals surface area (Å²) in [5.74, 6) is 0.948. The van der Waals surface area contributed by atoms with E-state index in [1.54, 1.807) is 0 Å². The van der Waals surface area contributed by atoms with E-state index in [4.69, 9.17) is 10.5 Å². The summed E-state index contributed by atoms with van der Waals surface area (Å²) >= 11 is 0. The Morgan fingerprint density at radius 2 is 2.30 bits per heavy atom. The third kappa shape index (κ3) is 3.97. The molecule has 0 aliphatic carbocycles. The molecule has 1 saturated heterocycles. The Balaban J connectivity index is 1.96. The number of ether oxygens (including phenoxy) is 1. The topological polar surface area (TPSA) is 59.6 Å². The molecule has 20 heavy (non-hydrogen) atoms. The molecule has 4 heteroatoms. The van der Waals surface area contributed by atoms with Crippen molar-refractivity contribution < 1.29 is 4.74 Å². The predicted octanol–water partition coefficient (Wildman–Crippen LogP) is 3.11. The Hall–Kier alpha value is -1.55. The molecule has 0 bridgehead atoms. The highest BCUT2D eigenvalue weighted by Crippen LogP contribution is 2.25. The lowest BCUT2D eigenvalue weighted by Gasteiger charge is -2.20. The summed E-state index contributed by atoms with van der Waals surface area (Å²) in [4.78, 5) is 4.41. The van der Waals surface area contributed by atoms with Crippen LogP contribution in [0.5, 0.6) is 0 Å². The van der Waals surface area contributed by atoms with Crippen molar-refractivity contribution in [2.45, 2.75) is 45.1 Å². The number of nitrogens with one attached hydrogen (secondary N) is 1. The summed E-state index contributed by atoms with van der Waals surface area (Å²) < 4.78 is 5.70. The molecule has 1 aliphatic heterocycles. The molecular formula is C16H25N3O. The van der Waals surface area contributed by atoms with E-state index in [1.165, 1.54) is 5.56 Å². The standard InChI is InChI=1S/C16H25N3O/c1-12(2)13-6-4-7-14(10-13)19-15(17)18-11-16(3)8-5-9-20-16/h4,6-7,10,12H,5,8-9,11H2,1-3H3,(H3,17,18,19). The van der Waals surface area contributed by atoms with Crippen LogP contribution in [-0.4, -0.2) is 24.7 Å². The molecule has 2 rings (SSSR count). The van der Waals surface area contributed by atoms with Crippen molar-refractivity contribution >= 4 is 11.6 Å². The number of aliphatic imine (C=N–C) groups is 1. The number of rotatable bonds is 4. The first-order valence-corrected chi connectivity index (χ1v) is 7.29. The van der Waals surface area contributed by atoms with Crippen LogP contribution in [0.3, 0.4) is 0 Å². The van der Waals surface area contributed by atoms with Crippen LogP contribution in [-0.2, 0) is 4.74 Å². The van der Waals surface area contributed by atoms with Crippen LogP contribution >= 0.6 is 0 Å². The highest BCUT2D eigenvalue weighted by atomic mass is 16.5. The molecule has 0 radical (unpaired) electrons. The van der Waals surface area contributed by atoms with E-state index in [9.17, 15) is 0 Å². The molecule has 110 valence electrons. The highest BCUT2D eigenvalue weighted by molar-refractivity contribution is 5.92. The number of anilines is 1. The third-order valence-electron chi connectivity index (χ3n) is 3.71. The van der Waals surface area contributed by atoms with Gasteiger partial charge in [0.1, 0.15) is 0 Å². The molecular weight excluding hydrogens is 250 g/mol. The van der Waals surface area contributed by atoms with Crippen LogP contribution in [0.15, 0.2) is 29.3 Å². The van der Waals surface area contributed by atoms with Gasteiger partial charge in [-0.1, -0.05) is 26.0 Å². The third-order valence-corrected chi connectivity index (χ3v) is 3.71. The summed E-state index contributed by atoms with van der Waals surface area (Å²) in [6.07, 6.45) is 2.16. The van der Waals surface area contributed by atoms with Gasteiger partial charge in [0.2, 0.25) is 0 Å². The summed E-state index contributed by atoms with van der Waals surface area (Å²) in [5.41, 5.74) is 8.07. The fourth-order valence-electron chi connectivity index (χ4n) is 2.38. The first-order chi connectivity index (χ1) is 9.48.